The van der Waals surface area contributed by atoms with E-state index in [4.69, 9.17) is 4.74 Å². The molecule has 6 nitrogen and oxygen atoms in total. The molecule has 2 rings (SSSR count). The maximum absolute atomic E-state index is 12.1. The van der Waals surface area contributed by atoms with E-state index in [1.165, 1.54) is 12.1 Å². The number of morpholine rings is 1. The normalized spacial score (nSPS) is 19.0. The van der Waals surface area contributed by atoms with Crippen molar-refractivity contribution in [2.24, 2.45) is 5.10 Å². The van der Waals surface area contributed by atoms with E-state index in [9.17, 15) is 9.59 Å². The summed E-state index contributed by atoms with van der Waals surface area (Å²) in [5, 5.41) is 5.52. The summed E-state index contributed by atoms with van der Waals surface area (Å²) in [6.07, 6.45) is 1.45. The Morgan fingerprint density at radius 2 is 2.24 bits per heavy atom. The third kappa shape index (κ3) is 4.39. The predicted octanol–water partition coefficient (Wildman–Crippen LogP) is 1.01. The Morgan fingerprint density at radius 1 is 1.48 bits per heavy atom. The van der Waals surface area contributed by atoms with Crippen LogP contribution >= 0.6 is 0 Å². The number of carbonyl (C=O) groups excluding carboxylic acids is 2. The number of ether oxygens (including phenoxy) is 2. The van der Waals surface area contributed by atoms with Crippen LogP contribution in [0.25, 0.3) is 0 Å². The number of hydrazone groups is 1. The predicted molar refractivity (Wildman–Crippen MR) is 76.7 cm³/mol. The fourth-order valence-electron chi connectivity index (χ4n) is 1.98. The lowest BCUT2D eigenvalue weighted by Gasteiger charge is -2.28. The Labute approximate surface area is 123 Å². The molecular formula is C15H18N2O4. The first-order chi connectivity index (χ1) is 10.2. The van der Waals surface area contributed by atoms with Crippen LogP contribution in [0.2, 0.25) is 0 Å². The van der Waals surface area contributed by atoms with Crippen molar-refractivity contribution in [3.05, 3.63) is 35.9 Å². The summed E-state index contributed by atoms with van der Waals surface area (Å²) in [4.78, 5) is 23.3. The van der Waals surface area contributed by atoms with Gasteiger partial charge in [0.2, 0.25) is 0 Å². The number of amides is 1. The number of esters is 1. The number of rotatable bonds is 5. The minimum atomic E-state index is -0.805. The highest BCUT2D eigenvalue weighted by Gasteiger charge is 2.31. The molecule has 1 saturated heterocycles. The molecule has 1 fully saturated rings. The molecule has 0 N–H and O–H groups in total. The van der Waals surface area contributed by atoms with E-state index in [0.29, 0.717) is 19.6 Å². The number of nitrogens with zero attached hydrogens (tertiary/aromatic N) is 2. The van der Waals surface area contributed by atoms with E-state index >= 15 is 0 Å². The molecule has 0 saturated carbocycles. The maximum Gasteiger partial charge on any atom is 0.308 e. The first-order valence-electron chi connectivity index (χ1n) is 6.77. The standard InChI is InChI=1S/C15H18N2O4/c1-20-14(18)11-13-15(19)17(9-10-21-13)16-8-7-12-5-3-2-4-6-12/h2-6,8,13H,7,9-11H2,1H3/b16-8+/t13-/m1/s1. The minimum absolute atomic E-state index is 0.0833. The Balaban J connectivity index is 1.90. The van der Waals surface area contributed by atoms with Crippen LogP contribution in [0.5, 0.6) is 0 Å². The van der Waals surface area contributed by atoms with Gasteiger partial charge in [-0.3, -0.25) is 9.59 Å². The molecule has 0 spiro atoms. The van der Waals surface area contributed by atoms with Gasteiger partial charge in [-0.2, -0.15) is 5.10 Å². The van der Waals surface area contributed by atoms with E-state index < -0.39 is 12.1 Å². The van der Waals surface area contributed by atoms with Gasteiger partial charge in [0.1, 0.15) is 6.10 Å². The van der Waals surface area contributed by atoms with Crippen molar-refractivity contribution in [3.8, 4) is 0 Å². The molecular weight excluding hydrogens is 272 g/mol. The first-order valence-corrected chi connectivity index (χ1v) is 6.77. The van der Waals surface area contributed by atoms with Gasteiger partial charge in [-0.05, 0) is 5.56 Å². The van der Waals surface area contributed by atoms with Crippen molar-refractivity contribution in [2.75, 3.05) is 20.3 Å². The zero-order valence-electron chi connectivity index (χ0n) is 11.9. The highest BCUT2D eigenvalue weighted by atomic mass is 16.5. The third-order valence-corrected chi connectivity index (χ3v) is 3.12. The molecule has 1 atom stereocenters. The topological polar surface area (TPSA) is 68.2 Å². The Hall–Kier alpha value is -2.21. The van der Waals surface area contributed by atoms with E-state index in [0.717, 1.165) is 5.56 Å². The molecule has 112 valence electrons. The number of benzene rings is 1. The molecule has 1 aromatic carbocycles. The zero-order chi connectivity index (χ0) is 15.1. The van der Waals surface area contributed by atoms with Crippen LogP contribution in [-0.4, -0.2) is 49.5 Å². The van der Waals surface area contributed by atoms with Gasteiger partial charge in [-0.25, -0.2) is 5.01 Å². The van der Waals surface area contributed by atoms with Gasteiger partial charge in [-0.1, -0.05) is 30.3 Å². The van der Waals surface area contributed by atoms with Gasteiger partial charge in [0.25, 0.3) is 5.91 Å². The molecule has 0 radical (unpaired) electrons. The quantitative estimate of drug-likeness (QED) is 0.599. The summed E-state index contributed by atoms with van der Waals surface area (Å²) < 4.78 is 9.84. The monoisotopic (exact) mass is 290 g/mol. The van der Waals surface area contributed by atoms with Gasteiger partial charge in [-0.15, -0.1) is 0 Å². The molecule has 1 aliphatic heterocycles. The Kier molecular flexibility index (Phi) is 5.45. The van der Waals surface area contributed by atoms with Gasteiger partial charge in [0.15, 0.2) is 0 Å². The van der Waals surface area contributed by atoms with Crippen LogP contribution in [0, 0.1) is 0 Å². The van der Waals surface area contributed by atoms with E-state index in [1.807, 2.05) is 30.3 Å². The van der Waals surface area contributed by atoms with E-state index in [-0.39, 0.29) is 12.3 Å². The summed E-state index contributed by atoms with van der Waals surface area (Å²) in [5.41, 5.74) is 1.12. The van der Waals surface area contributed by atoms with Crippen molar-refractivity contribution >= 4 is 18.1 Å². The molecule has 0 bridgehead atoms. The van der Waals surface area contributed by atoms with Crippen molar-refractivity contribution in [2.45, 2.75) is 18.9 Å². The molecule has 0 aromatic heterocycles. The molecule has 0 aliphatic carbocycles. The number of methoxy groups -OCH3 is 1. The minimum Gasteiger partial charge on any atom is -0.469 e. The largest absolute Gasteiger partial charge is 0.469 e. The zero-order valence-corrected chi connectivity index (χ0v) is 11.9. The Morgan fingerprint density at radius 3 is 2.95 bits per heavy atom. The van der Waals surface area contributed by atoms with Crippen LogP contribution in [0.4, 0.5) is 0 Å². The van der Waals surface area contributed by atoms with E-state index in [2.05, 4.69) is 9.84 Å². The van der Waals surface area contributed by atoms with Gasteiger partial charge in [0, 0.05) is 12.6 Å². The molecule has 1 aromatic rings. The number of hydrogen-bond donors (Lipinski definition) is 0. The number of hydrogen-bond acceptors (Lipinski definition) is 5. The van der Waals surface area contributed by atoms with Crippen LogP contribution in [0.3, 0.4) is 0 Å². The van der Waals surface area contributed by atoms with Gasteiger partial charge >= 0.3 is 5.97 Å². The van der Waals surface area contributed by atoms with Crippen LogP contribution in [-0.2, 0) is 25.5 Å². The highest BCUT2D eigenvalue weighted by molar-refractivity contribution is 5.86. The van der Waals surface area contributed by atoms with Crippen molar-refractivity contribution in [1.82, 2.24) is 5.01 Å². The van der Waals surface area contributed by atoms with Gasteiger partial charge in [0.05, 0.1) is 26.7 Å². The van der Waals surface area contributed by atoms with Gasteiger partial charge < -0.3 is 9.47 Å². The molecule has 1 aliphatic rings. The average molecular weight is 290 g/mol. The fraction of sp³-hybridized carbons (Fsp3) is 0.400. The lowest BCUT2D eigenvalue weighted by Crippen LogP contribution is -2.46. The summed E-state index contributed by atoms with van der Waals surface area (Å²) in [7, 11) is 1.28. The van der Waals surface area contributed by atoms with Crippen LogP contribution < -0.4 is 0 Å². The summed E-state index contributed by atoms with van der Waals surface area (Å²) in [6.45, 7) is 0.748. The van der Waals surface area contributed by atoms with E-state index in [1.54, 1.807) is 6.21 Å². The smallest absolute Gasteiger partial charge is 0.308 e. The summed E-state index contributed by atoms with van der Waals surface area (Å²) >= 11 is 0. The molecule has 1 heterocycles. The highest BCUT2D eigenvalue weighted by Crippen LogP contribution is 2.11. The van der Waals surface area contributed by atoms with Crippen LogP contribution in [0.15, 0.2) is 35.4 Å². The van der Waals surface area contributed by atoms with Crippen molar-refractivity contribution in [1.29, 1.82) is 0 Å². The first kappa shape index (κ1) is 15.2. The second-order valence-corrected chi connectivity index (χ2v) is 4.59. The third-order valence-electron chi connectivity index (χ3n) is 3.12. The molecule has 6 heteroatoms. The maximum atomic E-state index is 12.1. The average Bonchev–Trinajstić information content (AvgIpc) is 2.52. The lowest BCUT2D eigenvalue weighted by molar-refractivity contribution is -0.160. The second-order valence-electron chi connectivity index (χ2n) is 4.59. The van der Waals surface area contributed by atoms with Crippen molar-refractivity contribution in [3.63, 3.8) is 0 Å². The lowest BCUT2D eigenvalue weighted by atomic mass is 10.2. The van der Waals surface area contributed by atoms with Crippen molar-refractivity contribution < 1.29 is 19.1 Å². The summed E-state index contributed by atoms with van der Waals surface area (Å²) in [6, 6.07) is 9.84. The molecule has 1 amide bonds. The summed E-state index contributed by atoms with van der Waals surface area (Å²) in [5.74, 6) is -0.778. The second kappa shape index (κ2) is 7.54. The molecule has 21 heavy (non-hydrogen) atoms. The number of carbonyl (C=O) groups is 2. The Bertz CT molecular complexity index is 516. The fourth-order valence-corrected chi connectivity index (χ4v) is 1.98. The van der Waals surface area contributed by atoms with Crippen LogP contribution in [0.1, 0.15) is 12.0 Å². The molecule has 0 unspecified atom stereocenters. The SMILES string of the molecule is COC(=O)C[C@H]1OCCN(/N=C/Cc2ccccc2)C1=O.